The monoisotopic (exact) mass is 223 g/mol. The van der Waals surface area contributed by atoms with Gasteiger partial charge in [-0.1, -0.05) is 12.1 Å². The molecule has 88 valence electrons. The van der Waals surface area contributed by atoms with Gasteiger partial charge in [-0.2, -0.15) is 0 Å². The Morgan fingerprint density at radius 2 is 2.12 bits per heavy atom. The lowest BCUT2D eigenvalue weighted by atomic mass is 9.86. The zero-order chi connectivity index (χ0) is 11.6. The molecule has 2 nitrogen and oxygen atoms in total. The molecular weight excluding hydrogens is 205 g/mol. The third kappa shape index (κ3) is 2.25. The Labute approximate surface area is 95.5 Å². The normalized spacial score (nSPS) is 26.4. The van der Waals surface area contributed by atoms with Crippen LogP contribution in [0.3, 0.4) is 0 Å². The molecule has 0 radical (unpaired) electrons. The molecule has 16 heavy (non-hydrogen) atoms. The molecule has 1 saturated heterocycles. The van der Waals surface area contributed by atoms with Gasteiger partial charge in [-0.15, -0.1) is 0 Å². The topological polar surface area (TPSA) is 32.3 Å². The van der Waals surface area contributed by atoms with Gasteiger partial charge in [0.25, 0.3) is 0 Å². The molecule has 1 aromatic carbocycles. The maximum Gasteiger partial charge on any atom is 0.126 e. The summed E-state index contributed by atoms with van der Waals surface area (Å²) in [6.45, 7) is 3.44. The maximum absolute atomic E-state index is 13.5. The molecule has 3 heteroatoms. The van der Waals surface area contributed by atoms with E-state index in [0.717, 1.165) is 19.5 Å². The second kappa shape index (κ2) is 4.52. The third-order valence-corrected chi connectivity index (χ3v) is 3.37. The highest BCUT2D eigenvalue weighted by atomic mass is 19.1. The largest absolute Gasteiger partial charge is 0.385 e. The van der Waals surface area contributed by atoms with Crippen LogP contribution in [0.15, 0.2) is 18.2 Å². The van der Waals surface area contributed by atoms with E-state index in [1.54, 1.807) is 13.0 Å². The number of aliphatic hydroxyl groups is 1. The predicted molar refractivity (Wildman–Crippen MR) is 61.8 cm³/mol. The summed E-state index contributed by atoms with van der Waals surface area (Å²) in [6, 6.07) is 5.05. The lowest BCUT2D eigenvalue weighted by Gasteiger charge is -2.27. The fourth-order valence-electron chi connectivity index (χ4n) is 2.22. The number of halogens is 1. The van der Waals surface area contributed by atoms with Gasteiger partial charge in [0.1, 0.15) is 5.82 Å². The molecule has 0 saturated carbocycles. The van der Waals surface area contributed by atoms with Crippen LogP contribution >= 0.6 is 0 Å². The molecule has 1 aliphatic heterocycles. The molecule has 2 rings (SSSR count). The van der Waals surface area contributed by atoms with Crippen molar-refractivity contribution in [3.8, 4) is 0 Å². The molecule has 1 fully saturated rings. The van der Waals surface area contributed by atoms with E-state index in [-0.39, 0.29) is 5.82 Å². The van der Waals surface area contributed by atoms with Crippen LogP contribution in [0.1, 0.15) is 30.4 Å². The molecule has 2 N–H and O–H groups in total. The summed E-state index contributed by atoms with van der Waals surface area (Å²) in [5.74, 6) is -0.233. The summed E-state index contributed by atoms with van der Waals surface area (Å²) in [6.07, 6.45) is 2.27. The lowest BCUT2D eigenvalue weighted by molar-refractivity contribution is 0.0237. The van der Waals surface area contributed by atoms with Crippen molar-refractivity contribution in [2.75, 3.05) is 13.1 Å². The Kier molecular flexibility index (Phi) is 3.26. The van der Waals surface area contributed by atoms with Gasteiger partial charge in [-0.05, 0) is 56.5 Å². The molecule has 1 aliphatic rings. The number of rotatable bonds is 1. The first-order valence-electron chi connectivity index (χ1n) is 5.81. The number of hydrogen-bond donors (Lipinski definition) is 2. The smallest absolute Gasteiger partial charge is 0.126 e. The number of benzene rings is 1. The van der Waals surface area contributed by atoms with E-state index in [1.165, 1.54) is 6.07 Å². The Morgan fingerprint density at radius 1 is 1.31 bits per heavy atom. The number of nitrogens with one attached hydrogen (secondary N) is 1. The minimum Gasteiger partial charge on any atom is -0.385 e. The van der Waals surface area contributed by atoms with Crippen LogP contribution in [-0.2, 0) is 5.60 Å². The van der Waals surface area contributed by atoms with E-state index in [4.69, 9.17) is 0 Å². The summed E-state index contributed by atoms with van der Waals surface area (Å²) in [5.41, 5.74) is 0.469. The van der Waals surface area contributed by atoms with Crippen molar-refractivity contribution in [2.45, 2.75) is 31.8 Å². The van der Waals surface area contributed by atoms with Crippen molar-refractivity contribution < 1.29 is 9.50 Å². The second-order valence-corrected chi connectivity index (χ2v) is 4.60. The molecule has 1 unspecified atom stereocenters. The quantitative estimate of drug-likeness (QED) is 0.764. The first-order chi connectivity index (χ1) is 7.62. The van der Waals surface area contributed by atoms with Crippen LogP contribution in [0, 0.1) is 12.7 Å². The second-order valence-electron chi connectivity index (χ2n) is 4.60. The Bertz CT molecular complexity index is 370. The van der Waals surface area contributed by atoms with Gasteiger partial charge in [0.2, 0.25) is 0 Å². The fraction of sp³-hybridized carbons (Fsp3) is 0.538. The van der Waals surface area contributed by atoms with Gasteiger partial charge in [0.15, 0.2) is 0 Å². The van der Waals surface area contributed by atoms with Crippen molar-refractivity contribution in [2.24, 2.45) is 0 Å². The molecule has 0 aliphatic carbocycles. The van der Waals surface area contributed by atoms with Crippen molar-refractivity contribution in [1.29, 1.82) is 0 Å². The van der Waals surface area contributed by atoms with E-state index in [2.05, 4.69) is 5.32 Å². The average Bonchev–Trinajstić information content (AvgIpc) is 2.48. The molecule has 1 atom stereocenters. The average molecular weight is 223 g/mol. The molecule has 0 bridgehead atoms. The number of hydrogen-bond acceptors (Lipinski definition) is 2. The van der Waals surface area contributed by atoms with E-state index in [9.17, 15) is 9.50 Å². The predicted octanol–water partition coefficient (Wildman–Crippen LogP) is 2.10. The molecule has 1 heterocycles. The van der Waals surface area contributed by atoms with Gasteiger partial charge in [-0.3, -0.25) is 0 Å². The SMILES string of the molecule is Cc1ccc(C2(O)CCCNCC2)cc1F. The van der Waals surface area contributed by atoms with E-state index >= 15 is 0 Å². The Morgan fingerprint density at radius 3 is 2.88 bits per heavy atom. The Hall–Kier alpha value is -0.930. The van der Waals surface area contributed by atoms with Gasteiger partial charge in [0, 0.05) is 0 Å². The van der Waals surface area contributed by atoms with Crippen LogP contribution in [-0.4, -0.2) is 18.2 Å². The summed E-state index contributed by atoms with van der Waals surface area (Å²) >= 11 is 0. The van der Waals surface area contributed by atoms with Crippen molar-refractivity contribution in [3.63, 3.8) is 0 Å². The highest BCUT2D eigenvalue weighted by Crippen LogP contribution is 2.31. The van der Waals surface area contributed by atoms with Crippen LogP contribution < -0.4 is 5.32 Å². The van der Waals surface area contributed by atoms with Crippen LogP contribution in [0.5, 0.6) is 0 Å². The number of aryl methyl sites for hydroxylation is 1. The summed E-state index contributed by atoms with van der Waals surface area (Å²) in [5, 5.41) is 13.8. The van der Waals surface area contributed by atoms with Crippen LogP contribution in [0.4, 0.5) is 4.39 Å². The highest BCUT2D eigenvalue weighted by molar-refractivity contribution is 5.28. The zero-order valence-corrected chi connectivity index (χ0v) is 9.59. The molecule has 0 aromatic heterocycles. The van der Waals surface area contributed by atoms with Crippen molar-refractivity contribution in [1.82, 2.24) is 5.32 Å². The fourth-order valence-corrected chi connectivity index (χ4v) is 2.22. The first-order valence-corrected chi connectivity index (χ1v) is 5.81. The third-order valence-electron chi connectivity index (χ3n) is 3.37. The van der Waals surface area contributed by atoms with Gasteiger partial charge in [-0.25, -0.2) is 4.39 Å². The van der Waals surface area contributed by atoms with E-state index in [1.807, 2.05) is 6.07 Å². The minimum absolute atomic E-state index is 0.233. The Balaban J connectivity index is 2.29. The van der Waals surface area contributed by atoms with Crippen LogP contribution in [0.25, 0.3) is 0 Å². The standard InChI is InChI=1S/C13H18FNO/c1-10-3-4-11(9-12(10)14)13(16)5-2-7-15-8-6-13/h3-4,9,15-16H,2,5-8H2,1H3. The van der Waals surface area contributed by atoms with Gasteiger partial charge < -0.3 is 10.4 Å². The zero-order valence-electron chi connectivity index (χ0n) is 9.59. The summed E-state index contributed by atoms with van der Waals surface area (Å²) in [7, 11) is 0. The minimum atomic E-state index is -0.863. The lowest BCUT2D eigenvalue weighted by Crippen LogP contribution is -2.27. The maximum atomic E-state index is 13.5. The van der Waals surface area contributed by atoms with E-state index in [0.29, 0.717) is 24.0 Å². The first kappa shape index (κ1) is 11.6. The molecule has 0 amide bonds. The van der Waals surface area contributed by atoms with Gasteiger partial charge in [0.05, 0.1) is 5.60 Å². The van der Waals surface area contributed by atoms with Gasteiger partial charge >= 0.3 is 0 Å². The highest BCUT2D eigenvalue weighted by Gasteiger charge is 2.30. The molecule has 0 spiro atoms. The van der Waals surface area contributed by atoms with Crippen molar-refractivity contribution in [3.05, 3.63) is 35.1 Å². The summed E-state index contributed by atoms with van der Waals surface area (Å²) < 4.78 is 13.5. The van der Waals surface area contributed by atoms with E-state index < -0.39 is 5.60 Å². The van der Waals surface area contributed by atoms with Crippen LogP contribution in [0.2, 0.25) is 0 Å². The van der Waals surface area contributed by atoms with Crippen molar-refractivity contribution >= 4 is 0 Å². The molecular formula is C13H18FNO. The summed E-state index contributed by atoms with van der Waals surface area (Å²) in [4.78, 5) is 0. The molecule has 1 aromatic rings.